The number of carboxylic acids is 1. The molecule has 0 radical (unpaired) electrons. The summed E-state index contributed by atoms with van der Waals surface area (Å²) >= 11 is 0. The van der Waals surface area contributed by atoms with Crippen molar-refractivity contribution in [2.24, 2.45) is 11.3 Å². The largest absolute Gasteiger partial charge is 0.481 e. The van der Waals surface area contributed by atoms with E-state index in [1.54, 1.807) is 13.8 Å². The molecule has 180 valence electrons. The smallest absolute Gasteiger partial charge is 0.416 e. The highest BCUT2D eigenvalue weighted by molar-refractivity contribution is 5.74. The molecule has 1 N–H and O–H groups in total. The molecular weight excluding hydrogens is 448 g/mol. The molecule has 3 nitrogen and oxygen atoms in total. The molecule has 1 fully saturated rings. The Balaban J connectivity index is 1.89. The van der Waals surface area contributed by atoms with E-state index in [0.717, 1.165) is 24.3 Å². The zero-order chi connectivity index (χ0) is 24.6. The van der Waals surface area contributed by atoms with Crippen molar-refractivity contribution in [3.8, 4) is 0 Å². The van der Waals surface area contributed by atoms with Gasteiger partial charge in [-0.25, -0.2) is 0 Å². The van der Waals surface area contributed by atoms with Crippen LogP contribution in [0.2, 0.25) is 0 Å². The van der Waals surface area contributed by atoms with E-state index in [4.69, 9.17) is 0 Å². The van der Waals surface area contributed by atoms with E-state index < -0.39 is 34.9 Å². The van der Waals surface area contributed by atoms with Gasteiger partial charge in [-0.3, -0.25) is 9.69 Å². The highest BCUT2D eigenvalue weighted by Gasteiger charge is 2.42. The van der Waals surface area contributed by atoms with Gasteiger partial charge in [0.25, 0.3) is 0 Å². The average molecular weight is 473 g/mol. The summed E-state index contributed by atoms with van der Waals surface area (Å²) < 4.78 is 77.6. The molecular formula is C24H25F6NO2. The van der Waals surface area contributed by atoms with E-state index in [1.165, 1.54) is 24.3 Å². The van der Waals surface area contributed by atoms with Gasteiger partial charge in [0.2, 0.25) is 0 Å². The van der Waals surface area contributed by atoms with Crippen molar-refractivity contribution >= 4 is 5.97 Å². The van der Waals surface area contributed by atoms with Gasteiger partial charge in [0.05, 0.1) is 16.5 Å². The number of hydrogen-bond acceptors (Lipinski definition) is 2. The number of piperidine rings is 1. The summed E-state index contributed by atoms with van der Waals surface area (Å²) in [5.74, 6) is -1.17. The van der Waals surface area contributed by atoms with Crippen LogP contribution in [0.15, 0.2) is 48.5 Å². The van der Waals surface area contributed by atoms with Gasteiger partial charge >= 0.3 is 18.3 Å². The van der Waals surface area contributed by atoms with E-state index in [1.807, 2.05) is 4.90 Å². The Bertz CT molecular complexity index is 964. The molecule has 0 aliphatic carbocycles. The monoisotopic (exact) mass is 473 g/mol. The van der Waals surface area contributed by atoms with Gasteiger partial charge in [-0.05, 0) is 74.5 Å². The molecule has 0 bridgehead atoms. The van der Waals surface area contributed by atoms with Crippen molar-refractivity contribution < 1.29 is 36.2 Å². The van der Waals surface area contributed by atoms with Crippen LogP contribution in [0.4, 0.5) is 26.3 Å². The number of carbonyl (C=O) groups is 1. The Hall–Kier alpha value is -2.55. The molecule has 2 atom stereocenters. The third-order valence-corrected chi connectivity index (χ3v) is 6.57. The van der Waals surface area contributed by atoms with Gasteiger partial charge in [-0.15, -0.1) is 0 Å². The van der Waals surface area contributed by atoms with Crippen LogP contribution in [0, 0.1) is 11.3 Å². The van der Waals surface area contributed by atoms with E-state index in [9.17, 15) is 36.2 Å². The molecule has 0 amide bonds. The lowest BCUT2D eigenvalue weighted by Gasteiger charge is -2.44. The van der Waals surface area contributed by atoms with Gasteiger partial charge in [0.1, 0.15) is 0 Å². The Morgan fingerprint density at radius 2 is 1.39 bits per heavy atom. The Morgan fingerprint density at radius 3 is 1.85 bits per heavy atom. The highest BCUT2D eigenvalue weighted by Crippen LogP contribution is 2.44. The predicted octanol–water partition coefficient (Wildman–Crippen LogP) is 6.79. The zero-order valence-corrected chi connectivity index (χ0v) is 18.2. The molecule has 2 unspecified atom stereocenters. The molecule has 3 rings (SSSR count). The first-order valence-corrected chi connectivity index (χ1v) is 10.5. The van der Waals surface area contributed by atoms with Crippen molar-refractivity contribution in [1.29, 1.82) is 0 Å². The maximum atomic E-state index is 13.0. The lowest BCUT2D eigenvalue weighted by atomic mass is 9.71. The van der Waals surface area contributed by atoms with Crippen molar-refractivity contribution in [3.63, 3.8) is 0 Å². The standard InChI is InChI=1S/C24H25F6NO2/c1-22(2,21(32)33)19-11-12-31(14-15-3-7-17(8-4-15)23(25,26)27)20(13-19)16-5-9-18(10-6-16)24(28,29)30/h3-10,19-20H,11-14H2,1-2H3,(H,32,33). The van der Waals surface area contributed by atoms with Crippen LogP contribution in [0.1, 0.15) is 55.0 Å². The van der Waals surface area contributed by atoms with Gasteiger partial charge in [-0.1, -0.05) is 24.3 Å². The fourth-order valence-electron chi connectivity index (χ4n) is 4.31. The number of carboxylic acid groups (broad SMARTS) is 1. The second kappa shape index (κ2) is 9.00. The SMILES string of the molecule is CC(C)(C(=O)O)C1CCN(Cc2ccc(C(F)(F)F)cc2)C(c2ccc(C(F)(F)F)cc2)C1. The maximum absolute atomic E-state index is 13.0. The summed E-state index contributed by atoms with van der Waals surface area (Å²) in [6.45, 7) is 4.03. The number of likely N-dealkylation sites (tertiary alicyclic amines) is 1. The van der Waals surface area contributed by atoms with Crippen LogP contribution >= 0.6 is 0 Å². The third-order valence-electron chi connectivity index (χ3n) is 6.57. The molecule has 0 aromatic heterocycles. The van der Waals surface area contributed by atoms with Gasteiger partial charge in [0, 0.05) is 12.6 Å². The van der Waals surface area contributed by atoms with E-state index in [2.05, 4.69) is 0 Å². The fourth-order valence-corrected chi connectivity index (χ4v) is 4.31. The quantitative estimate of drug-likeness (QED) is 0.486. The second-order valence-electron chi connectivity index (χ2n) is 9.05. The Labute approximate surface area is 188 Å². The summed E-state index contributed by atoms with van der Waals surface area (Å²) in [6, 6.07) is 9.19. The summed E-state index contributed by atoms with van der Waals surface area (Å²) in [5, 5.41) is 9.64. The van der Waals surface area contributed by atoms with Crippen LogP contribution in [0.5, 0.6) is 0 Å². The molecule has 1 heterocycles. The lowest BCUT2D eigenvalue weighted by Crippen LogP contribution is -2.43. The predicted molar refractivity (Wildman–Crippen MR) is 110 cm³/mol. The highest BCUT2D eigenvalue weighted by atomic mass is 19.4. The van der Waals surface area contributed by atoms with Crippen molar-refractivity contribution in [2.75, 3.05) is 6.54 Å². The third kappa shape index (κ3) is 5.69. The number of rotatable bonds is 5. The molecule has 1 aliphatic rings. The summed E-state index contributed by atoms with van der Waals surface area (Å²) in [7, 11) is 0. The first-order valence-electron chi connectivity index (χ1n) is 10.5. The number of nitrogens with zero attached hydrogens (tertiary/aromatic N) is 1. The van der Waals surface area contributed by atoms with Crippen molar-refractivity contribution in [2.45, 2.75) is 51.6 Å². The molecule has 9 heteroatoms. The molecule has 1 aliphatic heterocycles. The van der Waals surface area contributed by atoms with E-state index in [-0.39, 0.29) is 12.0 Å². The van der Waals surface area contributed by atoms with Crippen LogP contribution in [-0.4, -0.2) is 22.5 Å². The molecule has 1 saturated heterocycles. The fraction of sp³-hybridized carbons (Fsp3) is 0.458. The average Bonchev–Trinajstić information content (AvgIpc) is 2.73. The van der Waals surface area contributed by atoms with Crippen LogP contribution in [0.3, 0.4) is 0 Å². The summed E-state index contributed by atoms with van der Waals surface area (Å²) in [6.07, 6.45) is -7.96. The second-order valence-corrected chi connectivity index (χ2v) is 9.05. The molecule has 0 saturated carbocycles. The first-order chi connectivity index (χ1) is 15.2. The van der Waals surface area contributed by atoms with Gasteiger partial charge < -0.3 is 5.11 Å². The van der Waals surface area contributed by atoms with Crippen LogP contribution < -0.4 is 0 Å². The Morgan fingerprint density at radius 1 is 0.909 bits per heavy atom. The minimum atomic E-state index is -4.47. The zero-order valence-electron chi connectivity index (χ0n) is 18.2. The molecule has 0 spiro atoms. The minimum absolute atomic E-state index is 0.217. The maximum Gasteiger partial charge on any atom is 0.416 e. The molecule has 2 aromatic carbocycles. The summed E-state index contributed by atoms with van der Waals surface area (Å²) in [4.78, 5) is 13.8. The van der Waals surface area contributed by atoms with Crippen LogP contribution in [0.25, 0.3) is 0 Å². The van der Waals surface area contributed by atoms with E-state index in [0.29, 0.717) is 37.1 Å². The van der Waals surface area contributed by atoms with Crippen molar-refractivity contribution in [3.05, 3.63) is 70.8 Å². The summed E-state index contributed by atoms with van der Waals surface area (Å²) in [5.41, 5.74) is -1.31. The number of aliphatic carboxylic acids is 1. The van der Waals surface area contributed by atoms with Gasteiger partial charge in [-0.2, -0.15) is 26.3 Å². The number of benzene rings is 2. The first kappa shape index (κ1) is 25.1. The minimum Gasteiger partial charge on any atom is -0.481 e. The normalized spacial score (nSPS) is 20.6. The Kier molecular flexibility index (Phi) is 6.84. The molecule has 2 aromatic rings. The van der Waals surface area contributed by atoms with Crippen LogP contribution in [-0.2, 0) is 23.7 Å². The van der Waals surface area contributed by atoms with Gasteiger partial charge in [0.15, 0.2) is 0 Å². The van der Waals surface area contributed by atoms with Crippen molar-refractivity contribution in [1.82, 2.24) is 4.90 Å². The number of halogens is 6. The lowest BCUT2D eigenvalue weighted by molar-refractivity contribution is -0.152. The number of alkyl halides is 6. The topological polar surface area (TPSA) is 40.5 Å². The number of hydrogen-bond donors (Lipinski definition) is 1. The molecule has 33 heavy (non-hydrogen) atoms. The van der Waals surface area contributed by atoms with E-state index >= 15 is 0 Å².